The largest absolute Gasteiger partial charge is 0.330 e. The Bertz CT molecular complexity index is 188. The predicted octanol–water partition coefficient (Wildman–Crippen LogP) is 2.44. The van der Waals surface area contributed by atoms with Crippen molar-refractivity contribution in [1.82, 2.24) is 4.90 Å². The van der Waals surface area contributed by atoms with Crippen LogP contribution in [0.1, 0.15) is 33.6 Å². The van der Waals surface area contributed by atoms with Gasteiger partial charge in [-0.2, -0.15) is 11.8 Å². The smallest absolute Gasteiger partial charge is 0.00449 e. The van der Waals surface area contributed by atoms with Gasteiger partial charge in [-0.05, 0) is 48.8 Å². The van der Waals surface area contributed by atoms with Crippen LogP contribution in [0.5, 0.6) is 0 Å². The molecule has 96 valence electrons. The summed E-state index contributed by atoms with van der Waals surface area (Å²) in [7, 11) is 0. The van der Waals surface area contributed by atoms with Crippen LogP contribution in [0.2, 0.25) is 0 Å². The van der Waals surface area contributed by atoms with Crippen LogP contribution in [0.25, 0.3) is 0 Å². The van der Waals surface area contributed by atoms with E-state index in [0.29, 0.717) is 0 Å². The van der Waals surface area contributed by atoms with Crippen LogP contribution in [-0.2, 0) is 0 Å². The molecular formula is C13H28N2S. The number of hydrogen-bond acceptors (Lipinski definition) is 3. The molecule has 16 heavy (non-hydrogen) atoms. The molecule has 1 atom stereocenters. The third-order valence-corrected chi connectivity index (χ3v) is 4.52. The Morgan fingerprint density at radius 1 is 1.44 bits per heavy atom. The van der Waals surface area contributed by atoms with E-state index >= 15 is 0 Å². The molecule has 0 radical (unpaired) electrons. The van der Waals surface area contributed by atoms with Gasteiger partial charge in [0.05, 0.1) is 0 Å². The van der Waals surface area contributed by atoms with Gasteiger partial charge in [-0.3, -0.25) is 0 Å². The summed E-state index contributed by atoms with van der Waals surface area (Å²) >= 11 is 2.11. The first kappa shape index (κ1) is 14.3. The highest BCUT2D eigenvalue weighted by Gasteiger charge is 2.23. The fraction of sp³-hybridized carbons (Fsp3) is 1.00. The fourth-order valence-electron chi connectivity index (χ4n) is 2.31. The summed E-state index contributed by atoms with van der Waals surface area (Å²) in [5.41, 5.74) is 6.09. The molecular weight excluding hydrogens is 216 g/mol. The lowest BCUT2D eigenvalue weighted by atomic mass is 9.92. The Kier molecular flexibility index (Phi) is 6.16. The third-order valence-electron chi connectivity index (χ3n) is 3.28. The molecule has 1 rings (SSSR count). The van der Waals surface area contributed by atoms with Crippen LogP contribution >= 0.6 is 11.8 Å². The van der Waals surface area contributed by atoms with Gasteiger partial charge in [0.25, 0.3) is 0 Å². The standard InChI is InChI=1S/C13H28N2S/c1-4-6-15(11-13(2,3)10-14)8-12-5-7-16-9-12/h12H,4-11,14H2,1-3H3. The number of rotatable bonds is 7. The van der Waals surface area contributed by atoms with Gasteiger partial charge in [0.15, 0.2) is 0 Å². The van der Waals surface area contributed by atoms with E-state index in [1.807, 2.05) is 0 Å². The van der Waals surface area contributed by atoms with Gasteiger partial charge in [-0.1, -0.05) is 20.8 Å². The molecule has 0 aliphatic carbocycles. The molecule has 0 spiro atoms. The first-order chi connectivity index (χ1) is 7.57. The molecule has 0 aromatic heterocycles. The van der Waals surface area contributed by atoms with Gasteiger partial charge in [0.1, 0.15) is 0 Å². The topological polar surface area (TPSA) is 29.3 Å². The molecule has 0 bridgehead atoms. The zero-order valence-electron chi connectivity index (χ0n) is 11.2. The maximum Gasteiger partial charge on any atom is 0.00449 e. The Morgan fingerprint density at radius 3 is 2.69 bits per heavy atom. The number of nitrogens with zero attached hydrogens (tertiary/aromatic N) is 1. The van der Waals surface area contributed by atoms with Gasteiger partial charge >= 0.3 is 0 Å². The normalized spacial score (nSPS) is 21.9. The Labute approximate surface area is 105 Å². The summed E-state index contributed by atoms with van der Waals surface area (Å²) in [4.78, 5) is 2.63. The first-order valence-electron chi connectivity index (χ1n) is 6.57. The summed E-state index contributed by atoms with van der Waals surface area (Å²) in [6, 6.07) is 0. The lowest BCUT2D eigenvalue weighted by Crippen LogP contribution is -2.41. The van der Waals surface area contributed by atoms with E-state index in [1.54, 1.807) is 0 Å². The molecule has 3 heteroatoms. The van der Waals surface area contributed by atoms with Crippen LogP contribution in [-0.4, -0.2) is 42.6 Å². The number of hydrogen-bond donors (Lipinski definition) is 1. The van der Waals surface area contributed by atoms with E-state index < -0.39 is 0 Å². The highest BCUT2D eigenvalue weighted by molar-refractivity contribution is 7.99. The second-order valence-electron chi connectivity index (χ2n) is 5.83. The monoisotopic (exact) mass is 244 g/mol. The SMILES string of the molecule is CCCN(CC1CCSC1)CC(C)(C)CN. The minimum Gasteiger partial charge on any atom is -0.330 e. The van der Waals surface area contributed by atoms with Gasteiger partial charge in [-0.25, -0.2) is 0 Å². The molecule has 1 heterocycles. The first-order valence-corrected chi connectivity index (χ1v) is 7.73. The van der Waals surface area contributed by atoms with Crippen molar-refractivity contribution in [2.24, 2.45) is 17.1 Å². The zero-order valence-corrected chi connectivity index (χ0v) is 12.0. The highest BCUT2D eigenvalue weighted by Crippen LogP contribution is 2.25. The number of nitrogens with two attached hydrogens (primary N) is 1. The molecule has 1 unspecified atom stereocenters. The molecule has 0 saturated carbocycles. The predicted molar refractivity (Wildman–Crippen MR) is 75.0 cm³/mol. The van der Waals surface area contributed by atoms with E-state index in [2.05, 4.69) is 37.4 Å². The van der Waals surface area contributed by atoms with E-state index in [1.165, 1.54) is 37.4 Å². The molecule has 1 fully saturated rings. The highest BCUT2D eigenvalue weighted by atomic mass is 32.2. The van der Waals surface area contributed by atoms with Crippen LogP contribution in [0, 0.1) is 11.3 Å². The van der Waals surface area contributed by atoms with Crippen molar-refractivity contribution in [2.75, 3.05) is 37.7 Å². The van der Waals surface area contributed by atoms with Crippen LogP contribution < -0.4 is 5.73 Å². The van der Waals surface area contributed by atoms with Crippen molar-refractivity contribution in [1.29, 1.82) is 0 Å². The summed E-state index contributed by atoms with van der Waals surface area (Å²) in [5, 5.41) is 0. The Morgan fingerprint density at radius 2 is 2.19 bits per heavy atom. The zero-order chi connectivity index (χ0) is 12.0. The fourth-order valence-corrected chi connectivity index (χ4v) is 3.59. The second kappa shape index (κ2) is 6.87. The number of thioether (sulfide) groups is 1. The van der Waals surface area contributed by atoms with Gasteiger partial charge < -0.3 is 10.6 Å². The molecule has 0 aromatic rings. The lowest BCUT2D eigenvalue weighted by molar-refractivity contribution is 0.164. The van der Waals surface area contributed by atoms with Crippen molar-refractivity contribution in [3.05, 3.63) is 0 Å². The molecule has 1 saturated heterocycles. The van der Waals surface area contributed by atoms with Crippen LogP contribution in [0.4, 0.5) is 0 Å². The maximum atomic E-state index is 5.83. The molecule has 2 nitrogen and oxygen atoms in total. The lowest BCUT2D eigenvalue weighted by Gasteiger charge is -2.33. The summed E-state index contributed by atoms with van der Waals surface area (Å²) in [5.74, 6) is 3.65. The minimum atomic E-state index is 0.265. The minimum absolute atomic E-state index is 0.265. The van der Waals surface area contributed by atoms with Crippen LogP contribution in [0.15, 0.2) is 0 Å². The summed E-state index contributed by atoms with van der Waals surface area (Å²) in [6.07, 6.45) is 2.66. The van der Waals surface area contributed by atoms with E-state index in [4.69, 9.17) is 5.73 Å². The van der Waals surface area contributed by atoms with Crippen LogP contribution in [0.3, 0.4) is 0 Å². The molecule has 2 N–H and O–H groups in total. The summed E-state index contributed by atoms with van der Waals surface area (Å²) < 4.78 is 0. The van der Waals surface area contributed by atoms with E-state index in [0.717, 1.165) is 19.0 Å². The van der Waals surface area contributed by atoms with Crippen molar-refractivity contribution >= 4 is 11.8 Å². The molecule has 1 aliphatic heterocycles. The molecule has 0 aromatic carbocycles. The van der Waals surface area contributed by atoms with Gasteiger partial charge in [0.2, 0.25) is 0 Å². The maximum absolute atomic E-state index is 5.83. The van der Waals surface area contributed by atoms with Crippen molar-refractivity contribution < 1.29 is 0 Å². The second-order valence-corrected chi connectivity index (χ2v) is 6.98. The van der Waals surface area contributed by atoms with Gasteiger partial charge in [0, 0.05) is 13.1 Å². The Balaban J connectivity index is 2.39. The van der Waals surface area contributed by atoms with E-state index in [9.17, 15) is 0 Å². The average molecular weight is 244 g/mol. The average Bonchev–Trinajstić information content (AvgIpc) is 2.70. The quantitative estimate of drug-likeness (QED) is 0.746. The summed E-state index contributed by atoms with van der Waals surface area (Å²) in [6.45, 7) is 11.3. The molecule has 0 amide bonds. The van der Waals surface area contributed by atoms with Crippen molar-refractivity contribution in [2.45, 2.75) is 33.6 Å². The molecule has 1 aliphatic rings. The Hall–Kier alpha value is 0.270. The van der Waals surface area contributed by atoms with E-state index in [-0.39, 0.29) is 5.41 Å². The van der Waals surface area contributed by atoms with Gasteiger partial charge in [-0.15, -0.1) is 0 Å². The van der Waals surface area contributed by atoms with Crippen molar-refractivity contribution in [3.8, 4) is 0 Å². The van der Waals surface area contributed by atoms with Crippen molar-refractivity contribution in [3.63, 3.8) is 0 Å². The third kappa shape index (κ3) is 5.07.